The first-order valence-electron chi connectivity index (χ1n) is 11.8. The van der Waals surface area contributed by atoms with Crippen molar-refractivity contribution in [3.63, 3.8) is 0 Å². The molecule has 10 nitrogen and oxygen atoms in total. The molecule has 34 heavy (non-hydrogen) atoms. The van der Waals surface area contributed by atoms with E-state index in [0.29, 0.717) is 62.1 Å². The molecule has 12 heteroatoms. The fourth-order valence-corrected chi connectivity index (χ4v) is 4.92. The van der Waals surface area contributed by atoms with E-state index in [9.17, 15) is 9.59 Å². The molecule has 1 aliphatic heterocycles. The molecular weight excluding hydrogens is 520 g/mol. The number of hydrogen-bond donors (Lipinski definition) is 0. The highest BCUT2D eigenvalue weighted by Crippen LogP contribution is 2.22. The summed E-state index contributed by atoms with van der Waals surface area (Å²) in [5, 5.41) is 4.28. The van der Waals surface area contributed by atoms with E-state index in [4.69, 9.17) is 9.47 Å². The molecule has 2 aromatic rings. The number of amides is 1. The molecule has 3 rings (SSSR count). The van der Waals surface area contributed by atoms with Gasteiger partial charge in [0, 0.05) is 40.9 Å². The molecule has 190 valence electrons. The molecule has 0 aromatic carbocycles. The number of anilines is 1. The van der Waals surface area contributed by atoms with Crippen LogP contribution in [0.3, 0.4) is 0 Å². The molecule has 1 fully saturated rings. The van der Waals surface area contributed by atoms with Gasteiger partial charge in [-0.15, -0.1) is 5.10 Å². The van der Waals surface area contributed by atoms with Gasteiger partial charge in [-0.3, -0.25) is 9.36 Å². The van der Waals surface area contributed by atoms with Crippen LogP contribution in [0, 0.1) is 0 Å². The van der Waals surface area contributed by atoms with Gasteiger partial charge in [-0.05, 0) is 49.2 Å². The minimum absolute atomic E-state index is 0.214. The topological polar surface area (TPSA) is 94.2 Å². The van der Waals surface area contributed by atoms with Gasteiger partial charge in [-0.25, -0.2) is 4.79 Å². The molecular formula is C22H37BrN6O4Si. The number of halogens is 1. The quantitative estimate of drug-likeness (QED) is 0.380. The van der Waals surface area contributed by atoms with Crippen molar-refractivity contribution < 1.29 is 14.3 Å². The number of rotatable bonds is 7. The van der Waals surface area contributed by atoms with Crippen LogP contribution in [0.15, 0.2) is 9.53 Å². The van der Waals surface area contributed by atoms with E-state index < -0.39 is 13.7 Å². The van der Waals surface area contributed by atoms with Crippen LogP contribution < -0.4 is 10.5 Å². The van der Waals surface area contributed by atoms with Crippen molar-refractivity contribution in [2.24, 2.45) is 0 Å². The normalized spacial score (nSPS) is 15.3. The van der Waals surface area contributed by atoms with Crippen molar-refractivity contribution in [2.75, 3.05) is 37.7 Å². The Labute approximate surface area is 210 Å². The van der Waals surface area contributed by atoms with Crippen LogP contribution in [0.4, 0.5) is 10.5 Å². The number of piperazine rings is 1. The lowest BCUT2D eigenvalue weighted by atomic mass is 10.2. The summed E-state index contributed by atoms with van der Waals surface area (Å²) in [4.78, 5) is 34.1. The van der Waals surface area contributed by atoms with Gasteiger partial charge in [0.05, 0.1) is 5.69 Å². The van der Waals surface area contributed by atoms with Gasteiger partial charge in [0.1, 0.15) is 18.0 Å². The molecule has 0 saturated carbocycles. The van der Waals surface area contributed by atoms with Gasteiger partial charge in [-0.2, -0.15) is 9.50 Å². The lowest BCUT2D eigenvalue weighted by Crippen LogP contribution is -2.51. The van der Waals surface area contributed by atoms with E-state index in [1.54, 1.807) is 4.90 Å². The number of fused-ring (bicyclic) bond motifs is 1. The standard InChI is InChI=1S/C22H37BrN6O4Si/c1-8-16-17(26-9-11-27(12-10-26)21(31)33-22(2,3)4)18(30)29-20(24-19(23)25-29)28(16)15-32-13-14-34(5,6)7/h8-15H2,1-7H3. The molecule has 0 atom stereocenters. The number of ether oxygens (including phenoxy) is 2. The van der Waals surface area contributed by atoms with Crippen molar-refractivity contribution in [3.05, 3.63) is 20.8 Å². The van der Waals surface area contributed by atoms with Crippen molar-refractivity contribution in [3.8, 4) is 0 Å². The van der Waals surface area contributed by atoms with E-state index >= 15 is 0 Å². The lowest BCUT2D eigenvalue weighted by molar-refractivity contribution is 0.0240. The van der Waals surface area contributed by atoms with Crippen LogP contribution >= 0.6 is 15.9 Å². The second kappa shape index (κ2) is 10.4. The molecule has 0 aliphatic carbocycles. The summed E-state index contributed by atoms with van der Waals surface area (Å²) >= 11 is 3.31. The van der Waals surface area contributed by atoms with Crippen LogP contribution in [0.5, 0.6) is 0 Å². The Morgan fingerprint density at radius 1 is 1.15 bits per heavy atom. The largest absolute Gasteiger partial charge is 0.444 e. The van der Waals surface area contributed by atoms with Crippen LogP contribution in [0.2, 0.25) is 25.7 Å². The average molecular weight is 558 g/mol. The van der Waals surface area contributed by atoms with Crippen molar-refractivity contribution in [1.29, 1.82) is 0 Å². The Kier molecular flexibility index (Phi) is 8.13. The van der Waals surface area contributed by atoms with Gasteiger partial charge < -0.3 is 19.3 Å². The van der Waals surface area contributed by atoms with Gasteiger partial charge in [0.2, 0.25) is 10.5 Å². The summed E-state index contributed by atoms with van der Waals surface area (Å²) < 4.78 is 15.2. The Balaban J connectivity index is 1.88. The molecule has 1 saturated heterocycles. The first kappa shape index (κ1) is 26.7. The van der Waals surface area contributed by atoms with Gasteiger partial charge in [0.15, 0.2) is 0 Å². The smallest absolute Gasteiger partial charge is 0.410 e. The first-order valence-corrected chi connectivity index (χ1v) is 16.3. The number of carbonyl (C=O) groups is 1. The minimum Gasteiger partial charge on any atom is -0.444 e. The predicted octanol–water partition coefficient (Wildman–Crippen LogP) is 3.59. The fraction of sp³-hybridized carbons (Fsp3) is 0.727. The Hall–Kier alpha value is -1.92. The monoisotopic (exact) mass is 556 g/mol. The number of carbonyl (C=O) groups excluding carboxylic acids is 1. The first-order chi connectivity index (χ1) is 15.8. The number of nitrogens with zero attached hydrogens (tertiary/aromatic N) is 6. The Morgan fingerprint density at radius 3 is 2.35 bits per heavy atom. The van der Waals surface area contributed by atoms with E-state index in [-0.39, 0.29) is 11.7 Å². The summed E-state index contributed by atoms with van der Waals surface area (Å²) in [5.41, 5.74) is 0.688. The SMILES string of the molecule is CCc1c(N2CCN(C(=O)OC(C)(C)C)CC2)c(=O)n2nc(Br)nc2n1COCC[Si](C)(C)C. The third-order valence-electron chi connectivity index (χ3n) is 5.60. The van der Waals surface area contributed by atoms with Gasteiger partial charge >= 0.3 is 6.09 Å². The second-order valence-corrected chi connectivity index (χ2v) is 17.1. The molecule has 0 bridgehead atoms. The molecule has 1 amide bonds. The summed E-state index contributed by atoms with van der Waals surface area (Å²) in [6.45, 7) is 17.5. The lowest BCUT2D eigenvalue weighted by Gasteiger charge is -2.37. The predicted molar refractivity (Wildman–Crippen MR) is 138 cm³/mol. The maximum Gasteiger partial charge on any atom is 0.410 e. The van der Waals surface area contributed by atoms with Crippen LogP contribution in [0.1, 0.15) is 33.4 Å². The fourth-order valence-electron chi connectivity index (χ4n) is 3.85. The molecule has 0 spiro atoms. The zero-order chi connectivity index (χ0) is 25.3. The maximum absolute atomic E-state index is 13.5. The molecule has 0 radical (unpaired) electrons. The van der Waals surface area contributed by atoms with Crippen LogP contribution in [-0.4, -0.2) is 76.6 Å². The highest BCUT2D eigenvalue weighted by molar-refractivity contribution is 9.10. The minimum atomic E-state index is -1.22. The third kappa shape index (κ3) is 6.39. The van der Waals surface area contributed by atoms with Crippen LogP contribution in [-0.2, 0) is 22.6 Å². The van der Waals surface area contributed by atoms with Gasteiger partial charge in [-0.1, -0.05) is 26.6 Å². The Morgan fingerprint density at radius 2 is 1.79 bits per heavy atom. The molecule has 0 N–H and O–H groups in total. The Bertz CT molecular complexity index is 1080. The van der Waals surface area contributed by atoms with Crippen molar-refractivity contribution in [1.82, 2.24) is 24.1 Å². The maximum atomic E-state index is 13.5. The number of hydrogen-bond acceptors (Lipinski definition) is 7. The third-order valence-corrected chi connectivity index (χ3v) is 7.64. The molecule has 3 heterocycles. The van der Waals surface area contributed by atoms with E-state index in [0.717, 1.165) is 11.7 Å². The second-order valence-electron chi connectivity index (χ2n) is 10.8. The summed E-state index contributed by atoms with van der Waals surface area (Å²) in [6.07, 6.45) is 0.307. The van der Waals surface area contributed by atoms with E-state index in [1.807, 2.05) is 37.2 Å². The van der Waals surface area contributed by atoms with Crippen molar-refractivity contribution >= 4 is 41.6 Å². The highest BCUT2D eigenvalue weighted by Gasteiger charge is 2.29. The average Bonchev–Trinajstić information content (AvgIpc) is 3.12. The summed E-state index contributed by atoms with van der Waals surface area (Å²) in [5.74, 6) is 0.456. The molecule has 2 aromatic heterocycles. The number of aromatic nitrogens is 4. The summed E-state index contributed by atoms with van der Waals surface area (Å²) in [7, 11) is -1.22. The van der Waals surface area contributed by atoms with Gasteiger partial charge in [0.25, 0.3) is 5.56 Å². The zero-order valence-electron chi connectivity index (χ0n) is 21.4. The molecule has 0 unspecified atom stereocenters. The zero-order valence-corrected chi connectivity index (χ0v) is 23.9. The molecule has 1 aliphatic rings. The summed E-state index contributed by atoms with van der Waals surface area (Å²) in [6, 6.07) is 1.06. The highest BCUT2D eigenvalue weighted by atomic mass is 79.9. The van der Waals surface area contributed by atoms with Crippen LogP contribution in [0.25, 0.3) is 5.78 Å². The van der Waals surface area contributed by atoms with Crippen molar-refractivity contribution in [2.45, 2.75) is 72.1 Å². The van der Waals surface area contributed by atoms with E-state index in [1.165, 1.54) is 4.52 Å². The van der Waals surface area contributed by atoms with E-state index in [2.05, 4.69) is 45.7 Å².